The highest BCUT2D eigenvalue weighted by atomic mass is 32.1. The monoisotopic (exact) mass is 1490 g/mol. The van der Waals surface area contributed by atoms with Gasteiger partial charge >= 0.3 is 47.8 Å². The number of unbranched alkanes of at least 4 members (excludes halogenated alkanes) is 5. The van der Waals surface area contributed by atoms with Crippen molar-refractivity contribution in [2.45, 2.75) is 158 Å². The zero-order valence-corrected chi connectivity index (χ0v) is 59.8. The van der Waals surface area contributed by atoms with E-state index in [9.17, 15) is 93.0 Å². The minimum atomic E-state index is -1.54. The summed E-state index contributed by atoms with van der Waals surface area (Å²) in [5, 5.41) is 91.3. The molecule has 0 radical (unpaired) electrons. The molecular weight excluding hydrogens is 1400 g/mol. The normalized spacial score (nSPS) is 15.1. The number of carbonyl (C=O) groups excluding carboxylic acids is 6. The first-order chi connectivity index (χ1) is 50.7. The number of aliphatic carboxylic acids is 7. The summed E-state index contributed by atoms with van der Waals surface area (Å²) in [5.41, 5.74) is 3.49. The average molecular weight is 1500 g/mol. The largest absolute Gasteiger partial charge is 0.481 e. The standard InChI is InChI=1S/C73H98N12O20S/c86-60(74-34-16-14-25-55(70(101)102)80-72(105)81-56(71(103)104)32-33-62(88)89)26-12-1-2-13-27-61(87)77-54(69(99)100)24-15-17-35-75-66(96)57(41-48-18-6-3-7-19-48)78-67(97)58(42-49-20-8-4-9-21-49)79-68(98)59(43-50-22-10-5-11-23-50)82-73(106)76-52-30-28-51(29-31-52)40-53-44-84(46-64(92)93)37-36-83(45-63(90)91)38-39-85(53)47-65(94)95/h3-11,18-23,28-31,53-59H,1-2,12-17,24-27,32-47H2,(H,74,86)(H,75,96)(H,77,87)(H,78,97)(H,79,98)(H,88,89)(H,90,91)(H,92,93)(H,94,95)(H,99,100)(H,101,102)(H,103,104)(H2,76,82,106)(H2,80,81,105)/t53?,54?,55-,56-,57?,58?,59-/m0/s1. The molecule has 33 heteroatoms. The van der Waals surface area contributed by atoms with Gasteiger partial charge in [-0.1, -0.05) is 116 Å². The van der Waals surface area contributed by atoms with Gasteiger partial charge < -0.3 is 83.6 Å². The summed E-state index contributed by atoms with van der Waals surface area (Å²) in [6.07, 6.45) is 3.14. The topological polar surface area (TPSA) is 482 Å². The molecule has 1 aliphatic rings. The fourth-order valence-corrected chi connectivity index (χ4v) is 12.1. The lowest BCUT2D eigenvalue weighted by Crippen LogP contribution is -2.58. The van der Waals surface area contributed by atoms with Gasteiger partial charge in [0.15, 0.2) is 5.11 Å². The lowest BCUT2D eigenvalue weighted by Gasteiger charge is -2.33. The average Bonchev–Trinajstić information content (AvgIpc) is 0.881. The third-order valence-corrected chi connectivity index (χ3v) is 17.6. The fraction of sp³-hybridized carbons (Fsp3) is 0.479. The van der Waals surface area contributed by atoms with Gasteiger partial charge in [-0.05, 0) is 111 Å². The van der Waals surface area contributed by atoms with Gasteiger partial charge in [-0.2, -0.15) is 0 Å². The second kappa shape index (κ2) is 46.9. The van der Waals surface area contributed by atoms with E-state index in [0.29, 0.717) is 56.2 Å². The number of hydrogen-bond donors (Lipinski definition) is 16. The number of benzene rings is 4. The quantitative estimate of drug-likeness (QED) is 0.0223. The highest BCUT2D eigenvalue weighted by molar-refractivity contribution is 7.80. The number of rotatable bonds is 47. The Balaban J connectivity index is 1.12. The third-order valence-electron chi connectivity index (χ3n) is 17.4. The van der Waals surface area contributed by atoms with E-state index in [1.165, 1.54) is 0 Å². The fourth-order valence-electron chi connectivity index (χ4n) is 11.8. The van der Waals surface area contributed by atoms with Crippen LogP contribution in [0.4, 0.5) is 10.5 Å². The van der Waals surface area contributed by atoms with E-state index in [-0.39, 0.29) is 134 Å². The van der Waals surface area contributed by atoms with Crippen LogP contribution in [0.2, 0.25) is 0 Å². The van der Waals surface area contributed by atoms with Crippen LogP contribution < -0.4 is 47.9 Å². The molecule has 4 aromatic carbocycles. The maximum Gasteiger partial charge on any atom is 0.326 e. The second-order valence-corrected chi connectivity index (χ2v) is 26.3. The minimum Gasteiger partial charge on any atom is -0.481 e. The molecule has 4 unspecified atom stereocenters. The van der Waals surface area contributed by atoms with Gasteiger partial charge in [0.2, 0.25) is 29.5 Å². The molecule has 7 atom stereocenters. The van der Waals surface area contributed by atoms with E-state index < -0.39 is 127 Å². The molecule has 1 aliphatic heterocycles. The van der Waals surface area contributed by atoms with Crippen molar-refractivity contribution in [1.82, 2.24) is 57.2 Å². The SMILES string of the molecule is O=C(O)CC[C@H](NC(=O)N[C@@H](CCCCNC(=O)CCCCCCC(=O)NC(CCCCNC(=O)C(Cc1ccccc1)NC(=O)C(Cc1ccccc1)NC(=O)[C@H](Cc1ccccc1)NC(=S)Nc1ccc(CC2CN(CC(=O)O)CCN(CC(=O)O)CCN2CC(=O)O)cc1)C(=O)O)C(=O)O)C(=O)O. The highest BCUT2D eigenvalue weighted by Crippen LogP contribution is 2.19. The summed E-state index contributed by atoms with van der Waals surface area (Å²) in [6, 6.07) is 25.1. The lowest BCUT2D eigenvalue weighted by molar-refractivity contribution is -0.142. The first kappa shape index (κ1) is 86.0. The van der Waals surface area contributed by atoms with Crippen LogP contribution in [0.3, 0.4) is 0 Å². The molecule has 16 N–H and O–H groups in total. The smallest absolute Gasteiger partial charge is 0.326 e. The summed E-state index contributed by atoms with van der Waals surface area (Å²) < 4.78 is 0. The van der Waals surface area contributed by atoms with Crippen molar-refractivity contribution in [1.29, 1.82) is 0 Å². The molecule has 32 nitrogen and oxygen atoms in total. The predicted molar refractivity (Wildman–Crippen MR) is 391 cm³/mol. The molecule has 1 heterocycles. The minimum absolute atomic E-state index is 0.0197. The van der Waals surface area contributed by atoms with Crippen LogP contribution in [-0.4, -0.2) is 241 Å². The van der Waals surface area contributed by atoms with Crippen LogP contribution in [0.1, 0.15) is 112 Å². The highest BCUT2D eigenvalue weighted by Gasteiger charge is 2.33. The number of amides is 7. The zero-order valence-electron chi connectivity index (χ0n) is 59.0. The van der Waals surface area contributed by atoms with Crippen LogP contribution >= 0.6 is 12.2 Å². The molecule has 0 saturated carbocycles. The van der Waals surface area contributed by atoms with Crippen LogP contribution in [-0.2, 0) is 83.2 Å². The first-order valence-corrected chi connectivity index (χ1v) is 35.6. The maximum atomic E-state index is 14.7. The number of hydrogen-bond acceptors (Lipinski definition) is 17. The van der Waals surface area contributed by atoms with Crippen LogP contribution in [0.25, 0.3) is 0 Å². The van der Waals surface area contributed by atoms with Gasteiger partial charge in [-0.3, -0.25) is 57.9 Å². The van der Waals surface area contributed by atoms with Gasteiger partial charge in [-0.15, -0.1) is 0 Å². The molecule has 4 aromatic rings. The molecule has 5 rings (SSSR count). The molecule has 576 valence electrons. The molecule has 0 spiro atoms. The van der Waals surface area contributed by atoms with E-state index in [4.69, 9.17) is 17.3 Å². The molecule has 106 heavy (non-hydrogen) atoms. The summed E-state index contributed by atoms with van der Waals surface area (Å²) in [5.74, 6) is -11.1. The van der Waals surface area contributed by atoms with Crippen molar-refractivity contribution in [3.05, 3.63) is 138 Å². The molecule has 0 aliphatic carbocycles. The maximum absolute atomic E-state index is 14.7. The van der Waals surface area contributed by atoms with Crippen LogP contribution in [0, 0.1) is 0 Å². The third kappa shape index (κ3) is 34.8. The van der Waals surface area contributed by atoms with Crippen LogP contribution in [0.15, 0.2) is 115 Å². The van der Waals surface area contributed by atoms with Gasteiger partial charge in [0, 0.05) is 96.1 Å². The van der Waals surface area contributed by atoms with E-state index >= 15 is 0 Å². The number of thiocarbonyl (C=S) groups is 1. The number of carboxylic acids is 7. The summed E-state index contributed by atoms with van der Waals surface area (Å²) >= 11 is 5.81. The van der Waals surface area contributed by atoms with Crippen molar-refractivity contribution in [2.75, 3.05) is 70.8 Å². The zero-order chi connectivity index (χ0) is 77.3. The Morgan fingerprint density at radius 3 is 1.31 bits per heavy atom. The Labute approximate surface area is 619 Å². The van der Waals surface area contributed by atoms with Gasteiger partial charge in [0.1, 0.15) is 36.3 Å². The predicted octanol–water partition coefficient (Wildman–Crippen LogP) is 2.68. The first-order valence-electron chi connectivity index (χ1n) is 35.2. The van der Waals surface area contributed by atoms with E-state index in [1.807, 2.05) is 42.5 Å². The van der Waals surface area contributed by atoms with E-state index in [1.54, 1.807) is 87.5 Å². The number of nitrogens with zero attached hydrogens (tertiary/aromatic N) is 3. The number of urea groups is 1. The van der Waals surface area contributed by atoms with E-state index in [0.717, 1.165) is 16.7 Å². The Hall–Kier alpha value is -10.6. The molecule has 0 bridgehead atoms. The number of carbonyl (C=O) groups is 13. The molecule has 1 saturated heterocycles. The van der Waals surface area contributed by atoms with Crippen molar-refractivity contribution in [3.63, 3.8) is 0 Å². The molecule has 0 aromatic heterocycles. The van der Waals surface area contributed by atoms with Crippen molar-refractivity contribution >= 4 is 100 Å². The Morgan fingerprint density at radius 1 is 0.387 bits per heavy atom. The molecular formula is C73H98N12O20S. The lowest BCUT2D eigenvalue weighted by atomic mass is 10.0. The number of anilines is 1. The van der Waals surface area contributed by atoms with Crippen molar-refractivity contribution in [3.8, 4) is 0 Å². The number of carboxylic acid groups (broad SMARTS) is 7. The number of nitrogens with one attached hydrogen (secondary N) is 9. The second-order valence-electron chi connectivity index (χ2n) is 25.9. The van der Waals surface area contributed by atoms with Gasteiger partial charge in [0.25, 0.3) is 0 Å². The molecule has 7 amide bonds. The van der Waals surface area contributed by atoms with Crippen LogP contribution in [0.5, 0.6) is 0 Å². The van der Waals surface area contributed by atoms with Crippen molar-refractivity contribution < 1.29 is 98.1 Å². The Morgan fingerprint density at radius 2 is 0.821 bits per heavy atom. The Bertz CT molecular complexity index is 3550. The summed E-state index contributed by atoms with van der Waals surface area (Å²) in [7, 11) is 0. The van der Waals surface area contributed by atoms with Gasteiger partial charge in [0.05, 0.1) is 19.6 Å². The molecule has 1 fully saturated rings. The van der Waals surface area contributed by atoms with E-state index in [2.05, 4.69) is 47.9 Å². The Kier molecular flexibility index (Phi) is 38.1. The summed E-state index contributed by atoms with van der Waals surface area (Å²) in [6.45, 7) is 0.513. The summed E-state index contributed by atoms with van der Waals surface area (Å²) in [4.78, 5) is 168. The van der Waals surface area contributed by atoms with Crippen molar-refractivity contribution in [2.24, 2.45) is 0 Å². The van der Waals surface area contributed by atoms with Gasteiger partial charge in [-0.25, -0.2) is 19.2 Å².